The highest BCUT2D eigenvalue weighted by atomic mass is 16.1. The van der Waals surface area contributed by atoms with Gasteiger partial charge >= 0.3 is 5.69 Å². The second-order valence-corrected chi connectivity index (χ2v) is 5.96. The molecule has 2 N–H and O–H groups in total. The molecule has 1 unspecified atom stereocenters. The molecule has 116 valence electrons. The summed E-state index contributed by atoms with van der Waals surface area (Å²) in [7, 11) is 0. The second kappa shape index (κ2) is 5.15. The van der Waals surface area contributed by atoms with Gasteiger partial charge in [-0.25, -0.2) is 9.78 Å². The van der Waals surface area contributed by atoms with Crippen LogP contribution in [-0.2, 0) is 0 Å². The number of fused-ring (bicyclic) bond motifs is 1. The third-order valence-electron chi connectivity index (χ3n) is 4.32. The molecule has 0 aliphatic heterocycles. The Hall–Kier alpha value is -2.76. The summed E-state index contributed by atoms with van der Waals surface area (Å²) in [5.41, 5.74) is 7.93. The Bertz CT molecular complexity index is 931. The van der Waals surface area contributed by atoms with Gasteiger partial charge in [0.2, 0.25) is 0 Å². The van der Waals surface area contributed by atoms with Gasteiger partial charge in [0, 0.05) is 17.8 Å². The third-order valence-corrected chi connectivity index (χ3v) is 4.32. The minimum atomic E-state index is -0.395. The first-order valence-electron chi connectivity index (χ1n) is 7.75. The number of anilines is 1. The van der Waals surface area contributed by atoms with Crippen LogP contribution in [-0.4, -0.2) is 19.5 Å². The smallest absolute Gasteiger partial charge is 0.351 e. The van der Waals surface area contributed by atoms with E-state index < -0.39 is 5.69 Å². The monoisotopic (exact) mass is 307 g/mol. The van der Waals surface area contributed by atoms with Crippen LogP contribution < -0.4 is 11.4 Å². The summed E-state index contributed by atoms with van der Waals surface area (Å²) in [5, 5.41) is 0.705. The molecule has 4 rings (SSSR count). The molecule has 1 aliphatic carbocycles. The van der Waals surface area contributed by atoms with Gasteiger partial charge in [-0.15, -0.1) is 0 Å². The quantitative estimate of drug-likeness (QED) is 0.802. The SMILES string of the molecule is CC(c1ccccn1)n1c(=O)nc(N)c2ccc(C3CC3)nc21. The lowest BCUT2D eigenvalue weighted by Gasteiger charge is -2.17. The molecule has 0 spiro atoms. The number of pyridine rings is 2. The summed E-state index contributed by atoms with van der Waals surface area (Å²) in [6, 6.07) is 9.28. The van der Waals surface area contributed by atoms with Crippen LogP contribution >= 0.6 is 0 Å². The molecule has 1 atom stereocenters. The van der Waals surface area contributed by atoms with E-state index in [-0.39, 0.29) is 11.9 Å². The fraction of sp³-hybridized carbons (Fsp3) is 0.294. The highest BCUT2D eigenvalue weighted by Crippen LogP contribution is 2.39. The molecule has 3 aromatic rings. The Labute approximate surface area is 133 Å². The van der Waals surface area contributed by atoms with E-state index >= 15 is 0 Å². The van der Waals surface area contributed by atoms with Gasteiger partial charge in [0.15, 0.2) is 0 Å². The molecule has 23 heavy (non-hydrogen) atoms. The normalized spacial score (nSPS) is 15.7. The van der Waals surface area contributed by atoms with Gasteiger partial charge in [0.1, 0.15) is 11.5 Å². The first-order valence-corrected chi connectivity index (χ1v) is 7.75. The minimum absolute atomic E-state index is 0.226. The van der Waals surface area contributed by atoms with Gasteiger partial charge in [-0.1, -0.05) is 6.07 Å². The first kappa shape index (κ1) is 13.9. The van der Waals surface area contributed by atoms with E-state index in [0.29, 0.717) is 17.0 Å². The Morgan fingerprint density at radius 1 is 1.22 bits per heavy atom. The lowest BCUT2D eigenvalue weighted by Crippen LogP contribution is -2.29. The number of rotatable bonds is 3. The predicted octanol–water partition coefficient (Wildman–Crippen LogP) is 2.26. The van der Waals surface area contributed by atoms with E-state index in [1.807, 2.05) is 37.3 Å². The Morgan fingerprint density at radius 2 is 2.04 bits per heavy atom. The molecule has 0 amide bonds. The van der Waals surface area contributed by atoms with E-state index in [4.69, 9.17) is 10.7 Å². The van der Waals surface area contributed by atoms with Gasteiger partial charge in [-0.2, -0.15) is 4.98 Å². The highest BCUT2D eigenvalue weighted by Gasteiger charge is 2.26. The molecule has 1 saturated carbocycles. The maximum Gasteiger partial charge on any atom is 0.351 e. The Kier molecular flexibility index (Phi) is 3.11. The predicted molar refractivity (Wildman–Crippen MR) is 88.2 cm³/mol. The van der Waals surface area contributed by atoms with E-state index in [1.54, 1.807) is 10.8 Å². The van der Waals surface area contributed by atoms with Crippen molar-refractivity contribution in [1.29, 1.82) is 0 Å². The van der Waals surface area contributed by atoms with Crippen LogP contribution in [0.2, 0.25) is 0 Å². The van der Waals surface area contributed by atoms with Crippen LogP contribution in [0.15, 0.2) is 41.3 Å². The molecule has 6 nitrogen and oxygen atoms in total. The fourth-order valence-corrected chi connectivity index (χ4v) is 2.87. The highest BCUT2D eigenvalue weighted by molar-refractivity contribution is 5.85. The van der Waals surface area contributed by atoms with Crippen molar-refractivity contribution in [2.24, 2.45) is 0 Å². The number of nitrogens with two attached hydrogens (primary N) is 1. The second-order valence-electron chi connectivity index (χ2n) is 5.96. The van der Waals surface area contributed by atoms with Gasteiger partial charge < -0.3 is 5.73 Å². The standard InChI is InChI=1S/C17H17N5O/c1-10(13-4-2-3-9-19-13)22-16-12(15(18)21-17(22)23)7-8-14(20-16)11-5-6-11/h2-4,7-11H,5-6H2,1H3,(H2,18,21,23). The number of nitrogen functional groups attached to an aromatic ring is 1. The fourth-order valence-electron chi connectivity index (χ4n) is 2.87. The van der Waals surface area contributed by atoms with E-state index in [9.17, 15) is 4.79 Å². The molecular formula is C17H17N5O. The molecule has 1 fully saturated rings. The largest absolute Gasteiger partial charge is 0.383 e. The topological polar surface area (TPSA) is 86.7 Å². The lowest BCUT2D eigenvalue weighted by molar-refractivity contribution is 0.600. The summed E-state index contributed by atoms with van der Waals surface area (Å²) in [5.74, 6) is 0.729. The van der Waals surface area contributed by atoms with Crippen molar-refractivity contribution < 1.29 is 0 Å². The van der Waals surface area contributed by atoms with Crippen molar-refractivity contribution >= 4 is 16.9 Å². The van der Waals surface area contributed by atoms with Crippen LogP contribution in [0.25, 0.3) is 11.0 Å². The van der Waals surface area contributed by atoms with Crippen molar-refractivity contribution in [3.63, 3.8) is 0 Å². The molecule has 1 aliphatic rings. The van der Waals surface area contributed by atoms with Crippen molar-refractivity contribution in [3.05, 3.63) is 58.4 Å². The summed E-state index contributed by atoms with van der Waals surface area (Å²) < 4.78 is 1.58. The molecule has 3 aromatic heterocycles. The molecule has 0 aromatic carbocycles. The van der Waals surface area contributed by atoms with Gasteiger partial charge in [-0.3, -0.25) is 9.55 Å². The van der Waals surface area contributed by atoms with Crippen LogP contribution in [0.3, 0.4) is 0 Å². The van der Waals surface area contributed by atoms with E-state index in [2.05, 4.69) is 9.97 Å². The number of nitrogens with zero attached hydrogens (tertiary/aromatic N) is 4. The van der Waals surface area contributed by atoms with Crippen LogP contribution in [0, 0.1) is 0 Å². The van der Waals surface area contributed by atoms with Crippen molar-refractivity contribution in [2.75, 3.05) is 5.73 Å². The maximum atomic E-state index is 12.5. The summed E-state index contributed by atoms with van der Waals surface area (Å²) in [4.78, 5) is 25.5. The summed E-state index contributed by atoms with van der Waals surface area (Å²) in [6.45, 7) is 1.92. The molecular weight excluding hydrogens is 290 g/mol. The Balaban J connectivity index is 1.97. The van der Waals surface area contributed by atoms with Gasteiger partial charge in [0.25, 0.3) is 0 Å². The average molecular weight is 307 g/mol. The van der Waals surface area contributed by atoms with E-state index in [0.717, 1.165) is 24.2 Å². The first-order chi connectivity index (χ1) is 11.1. The van der Waals surface area contributed by atoms with Crippen LogP contribution in [0.5, 0.6) is 0 Å². The lowest BCUT2D eigenvalue weighted by atomic mass is 10.2. The molecule has 0 radical (unpaired) electrons. The number of aromatic nitrogens is 4. The molecule has 3 heterocycles. The van der Waals surface area contributed by atoms with Crippen LogP contribution in [0.4, 0.5) is 5.82 Å². The zero-order valence-electron chi connectivity index (χ0n) is 12.8. The van der Waals surface area contributed by atoms with E-state index in [1.165, 1.54) is 0 Å². The maximum absolute atomic E-state index is 12.5. The minimum Gasteiger partial charge on any atom is -0.383 e. The zero-order chi connectivity index (χ0) is 16.0. The van der Waals surface area contributed by atoms with Gasteiger partial charge in [-0.05, 0) is 44.0 Å². The molecule has 0 bridgehead atoms. The molecule has 0 saturated heterocycles. The average Bonchev–Trinajstić information content (AvgIpc) is 3.40. The van der Waals surface area contributed by atoms with Crippen molar-refractivity contribution in [3.8, 4) is 0 Å². The molecule has 6 heteroatoms. The summed E-state index contributed by atoms with van der Waals surface area (Å²) in [6.07, 6.45) is 4.02. The van der Waals surface area contributed by atoms with Crippen molar-refractivity contribution in [2.45, 2.75) is 31.7 Å². The Morgan fingerprint density at radius 3 is 2.74 bits per heavy atom. The number of hydrogen-bond donors (Lipinski definition) is 1. The number of hydrogen-bond acceptors (Lipinski definition) is 5. The van der Waals surface area contributed by atoms with Crippen molar-refractivity contribution in [1.82, 2.24) is 19.5 Å². The van der Waals surface area contributed by atoms with Gasteiger partial charge in [0.05, 0.1) is 17.1 Å². The zero-order valence-corrected chi connectivity index (χ0v) is 12.8. The summed E-state index contributed by atoms with van der Waals surface area (Å²) >= 11 is 0. The van der Waals surface area contributed by atoms with Crippen LogP contribution in [0.1, 0.15) is 43.1 Å². The third kappa shape index (κ3) is 2.36.